The summed E-state index contributed by atoms with van der Waals surface area (Å²) in [4.78, 5) is 27.2. The molecule has 0 saturated carbocycles. The number of alkyl halides is 4. The van der Waals surface area contributed by atoms with E-state index in [2.05, 4.69) is 4.74 Å². The van der Waals surface area contributed by atoms with Crippen molar-refractivity contribution >= 4 is 12.0 Å². The molecule has 1 aromatic rings. The summed E-state index contributed by atoms with van der Waals surface area (Å²) in [5.74, 6) is -0.484. The van der Waals surface area contributed by atoms with Crippen LogP contribution in [0.2, 0.25) is 0 Å². The van der Waals surface area contributed by atoms with Gasteiger partial charge in [0.1, 0.15) is 17.7 Å². The van der Waals surface area contributed by atoms with E-state index < -0.39 is 30.4 Å². The molecule has 0 spiro atoms. The highest BCUT2D eigenvalue weighted by atomic mass is 19.4. The Morgan fingerprint density at radius 3 is 2.39 bits per heavy atom. The fourth-order valence-electron chi connectivity index (χ4n) is 3.47. The molecule has 6 nitrogen and oxygen atoms in total. The molecule has 2 amide bonds. The minimum atomic E-state index is -4.82. The van der Waals surface area contributed by atoms with Crippen molar-refractivity contribution in [1.29, 1.82) is 0 Å². The van der Waals surface area contributed by atoms with Crippen LogP contribution >= 0.6 is 0 Å². The topological polar surface area (TPSA) is 59.1 Å². The highest BCUT2D eigenvalue weighted by molar-refractivity contribution is 5.77. The van der Waals surface area contributed by atoms with Gasteiger partial charge in [-0.3, -0.25) is 4.79 Å². The summed E-state index contributed by atoms with van der Waals surface area (Å²) in [5.41, 5.74) is 0. The van der Waals surface area contributed by atoms with E-state index in [0.29, 0.717) is 13.0 Å². The number of ether oxygens (including phenoxy) is 2. The van der Waals surface area contributed by atoms with Crippen LogP contribution in [-0.2, 0) is 4.79 Å². The van der Waals surface area contributed by atoms with Gasteiger partial charge in [0, 0.05) is 25.9 Å². The molecule has 0 N–H and O–H groups in total. The van der Waals surface area contributed by atoms with E-state index in [0.717, 1.165) is 37.1 Å². The number of hydrogen-bond donors (Lipinski definition) is 0. The first kappa shape index (κ1) is 20.2. The van der Waals surface area contributed by atoms with Crippen LogP contribution in [0.25, 0.3) is 0 Å². The first-order valence-corrected chi connectivity index (χ1v) is 8.97. The van der Waals surface area contributed by atoms with E-state index in [1.54, 1.807) is 4.90 Å². The summed E-state index contributed by atoms with van der Waals surface area (Å²) in [6.45, 7) is 0.534. The lowest BCUT2D eigenvalue weighted by atomic mass is 9.99. The van der Waals surface area contributed by atoms with Crippen LogP contribution in [0.5, 0.6) is 11.5 Å². The molecule has 0 aromatic heterocycles. The average molecular weight is 404 g/mol. The Kier molecular flexibility index (Phi) is 5.95. The maximum atomic E-state index is 14.2. The minimum Gasteiger partial charge on any atom is -0.410 e. The van der Waals surface area contributed by atoms with Crippen LogP contribution in [-0.4, -0.2) is 60.0 Å². The van der Waals surface area contributed by atoms with Gasteiger partial charge in [0.15, 0.2) is 0 Å². The Balaban J connectivity index is 1.60. The van der Waals surface area contributed by atoms with Crippen molar-refractivity contribution < 1.29 is 36.6 Å². The molecular formula is C18H20F4N2O4. The number of carbonyl (C=O) groups excluding carboxylic acids is 2. The second-order valence-corrected chi connectivity index (χ2v) is 6.82. The van der Waals surface area contributed by atoms with Crippen molar-refractivity contribution in [3.05, 3.63) is 24.3 Å². The summed E-state index contributed by atoms with van der Waals surface area (Å²) in [5, 5.41) is 0. The lowest BCUT2D eigenvalue weighted by molar-refractivity contribution is -0.274. The van der Waals surface area contributed by atoms with E-state index in [1.165, 1.54) is 4.90 Å². The zero-order valence-corrected chi connectivity index (χ0v) is 15.0. The molecule has 0 aliphatic carbocycles. The summed E-state index contributed by atoms with van der Waals surface area (Å²) < 4.78 is 59.6. The minimum absolute atomic E-state index is 0.00565. The van der Waals surface area contributed by atoms with Gasteiger partial charge in [-0.05, 0) is 37.1 Å². The second-order valence-electron chi connectivity index (χ2n) is 6.82. The number of hydrogen-bond acceptors (Lipinski definition) is 4. The number of likely N-dealkylation sites (tertiary alicyclic amines) is 2. The monoisotopic (exact) mass is 404 g/mol. The molecule has 1 unspecified atom stereocenters. The molecule has 2 fully saturated rings. The van der Waals surface area contributed by atoms with Crippen LogP contribution in [0.4, 0.5) is 22.4 Å². The Morgan fingerprint density at radius 2 is 1.75 bits per heavy atom. The molecule has 3 rings (SSSR count). The number of rotatable bonds is 3. The fourth-order valence-corrected chi connectivity index (χ4v) is 3.47. The van der Waals surface area contributed by atoms with E-state index >= 15 is 0 Å². The van der Waals surface area contributed by atoms with E-state index in [-0.39, 0.29) is 31.2 Å². The van der Waals surface area contributed by atoms with Gasteiger partial charge >= 0.3 is 12.5 Å². The molecule has 1 aromatic carbocycles. The molecule has 28 heavy (non-hydrogen) atoms. The van der Waals surface area contributed by atoms with Gasteiger partial charge in [-0.15, -0.1) is 13.2 Å². The lowest BCUT2D eigenvalue weighted by Crippen LogP contribution is -2.56. The second kappa shape index (κ2) is 8.24. The zero-order valence-electron chi connectivity index (χ0n) is 15.0. The van der Waals surface area contributed by atoms with E-state index in [9.17, 15) is 27.2 Å². The Morgan fingerprint density at radius 1 is 1.07 bits per heavy atom. The molecule has 2 saturated heterocycles. The molecular weight excluding hydrogens is 384 g/mol. The Bertz CT molecular complexity index is 711. The predicted molar refractivity (Wildman–Crippen MR) is 89.6 cm³/mol. The first-order valence-electron chi connectivity index (χ1n) is 8.97. The fraction of sp³-hybridized carbons (Fsp3) is 0.556. The highest BCUT2D eigenvalue weighted by Crippen LogP contribution is 2.26. The molecule has 154 valence electrons. The number of amides is 2. The van der Waals surface area contributed by atoms with Gasteiger partial charge in [0.25, 0.3) is 0 Å². The van der Waals surface area contributed by atoms with Gasteiger partial charge < -0.3 is 19.3 Å². The average Bonchev–Trinajstić information content (AvgIpc) is 2.62. The maximum absolute atomic E-state index is 14.2. The van der Waals surface area contributed by atoms with E-state index in [1.807, 2.05) is 0 Å². The normalized spacial score (nSPS) is 23.5. The molecule has 2 atom stereocenters. The Labute approximate surface area is 159 Å². The maximum Gasteiger partial charge on any atom is 0.573 e. The van der Waals surface area contributed by atoms with Gasteiger partial charge in [-0.2, -0.15) is 0 Å². The third-order valence-corrected chi connectivity index (χ3v) is 4.70. The van der Waals surface area contributed by atoms with Crippen molar-refractivity contribution in [1.82, 2.24) is 9.80 Å². The summed E-state index contributed by atoms with van der Waals surface area (Å²) in [6.07, 6.45) is -4.69. The molecule has 10 heteroatoms. The van der Waals surface area contributed by atoms with Gasteiger partial charge in [0.05, 0.1) is 12.6 Å². The number of carbonyl (C=O) groups is 2. The first-order chi connectivity index (χ1) is 13.2. The SMILES string of the molecule is O=C(Oc1ccc(OC(F)(F)F)cc1)N1CC(N2CCCCC2=O)C[C@H](F)C1. The molecule has 2 heterocycles. The molecule has 2 aliphatic rings. The van der Waals surface area contributed by atoms with Crippen molar-refractivity contribution in [3.8, 4) is 11.5 Å². The zero-order chi connectivity index (χ0) is 20.3. The summed E-state index contributed by atoms with van der Waals surface area (Å²) >= 11 is 0. The molecule has 2 aliphatic heterocycles. The number of piperidine rings is 2. The van der Waals surface area contributed by atoms with Crippen LogP contribution in [0.15, 0.2) is 24.3 Å². The summed E-state index contributed by atoms with van der Waals surface area (Å²) in [7, 11) is 0. The van der Waals surface area contributed by atoms with Crippen LogP contribution in [0.1, 0.15) is 25.7 Å². The van der Waals surface area contributed by atoms with Crippen LogP contribution in [0.3, 0.4) is 0 Å². The molecule has 0 radical (unpaired) electrons. The smallest absolute Gasteiger partial charge is 0.410 e. The third-order valence-electron chi connectivity index (χ3n) is 4.70. The van der Waals surface area contributed by atoms with Crippen molar-refractivity contribution in [2.75, 3.05) is 19.6 Å². The van der Waals surface area contributed by atoms with Gasteiger partial charge in [-0.25, -0.2) is 9.18 Å². The van der Waals surface area contributed by atoms with Crippen molar-refractivity contribution in [3.63, 3.8) is 0 Å². The van der Waals surface area contributed by atoms with Gasteiger partial charge in [0.2, 0.25) is 5.91 Å². The quantitative estimate of drug-likeness (QED) is 0.724. The standard InChI is InChI=1S/C18H20F4N2O4/c19-12-9-13(24-8-2-1-3-16(24)25)11-23(10-12)17(26)27-14-4-6-15(7-5-14)28-18(20,21)22/h4-7,12-13H,1-3,8-11H2/t12-,13?/m0/s1. The van der Waals surface area contributed by atoms with Crippen LogP contribution < -0.4 is 9.47 Å². The summed E-state index contributed by atoms with van der Waals surface area (Å²) in [6, 6.07) is 3.92. The lowest BCUT2D eigenvalue weighted by Gasteiger charge is -2.41. The van der Waals surface area contributed by atoms with E-state index in [4.69, 9.17) is 4.74 Å². The Hall–Kier alpha value is -2.52. The van der Waals surface area contributed by atoms with Crippen molar-refractivity contribution in [2.45, 2.75) is 44.3 Å². The third kappa shape index (κ3) is 5.26. The van der Waals surface area contributed by atoms with Gasteiger partial charge in [-0.1, -0.05) is 0 Å². The largest absolute Gasteiger partial charge is 0.573 e. The number of benzene rings is 1. The molecule has 0 bridgehead atoms. The number of nitrogens with zero attached hydrogens (tertiary/aromatic N) is 2. The highest BCUT2D eigenvalue weighted by Gasteiger charge is 2.36. The van der Waals surface area contributed by atoms with Crippen LogP contribution in [0, 0.1) is 0 Å². The predicted octanol–water partition coefficient (Wildman–Crippen LogP) is 3.51. The number of halogens is 4. The van der Waals surface area contributed by atoms with Crippen molar-refractivity contribution in [2.24, 2.45) is 0 Å².